The van der Waals surface area contributed by atoms with Gasteiger partial charge in [0.2, 0.25) is 0 Å². The molecule has 0 aliphatic carbocycles. The highest BCUT2D eigenvalue weighted by Crippen LogP contribution is 2.20. The molecule has 1 fully saturated rings. The fraction of sp³-hybridized carbons (Fsp3) is 1.00. The second kappa shape index (κ2) is 5.80. The van der Waals surface area contributed by atoms with E-state index in [1.165, 1.54) is 0 Å². The Labute approximate surface area is 77.9 Å². The molecule has 4 heteroatoms. The highest BCUT2D eigenvalue weighted by Gasteiger charge is 2.23. The third kappa shape index (κ3) is 2.94. The Morgan fingerprint density at radius 2 is 2.50 bits per heavy atom. The van der Waals surface area contributed by atoms with Crippen LogP contribution in [0, 0.1) is 0 Å². The number of hydrogen-bond donors (Lipinski definition) is 2. The Morgan fingerprint density at radius 1 is 1.67 bits per heavy atom. The first-order chi connectivity index (χ1) is 5.88. The third-order valence-corrected chi connectivity index (χ3v) is 3.41. The molecule has 0 radical (unpaired) electrons. The molecular weight excluding hydrogens is 174 g/mol. The third-order valence-electron chi connectivity index (χ3n) is 2.10. The summed E-state index contributed by atoms with van der Waals surface area (Å²) in [4.78, 5) is 0. The second-order valence-electron chi connectivity index (χ2n) is 2.89. The van der Waals surface area contributed by atoms with Crippen LogP contribution in [0.5, 0.6) is 0 Å². The van der Waals surface area contributed by atoms with Gasteiger partial charge in [0.25, 0.3) is 0 Å². The molecule has 0 aromatic heterocycles. The van der Waals surface area contributed by atoms with Crippen molar-refractivity contribution in [3.8, 4) is 0 Å². The van der Waals surface area contributed by atoms with Gasteiger partial charge in [0, 0.05) is 23.7 Å². The highest BCUT2D eigenvalue weighted by molar-refractivity contribution is 8.00. The monoisotopic (exact) mass is 191 g/mol. The van der Waals surface area contributed by atoms with Gasteiger partial charge >= 0.3 is 0 Å². The van der Waals surface area contributed by atoms with Gasteiger partial charge in [-0.15, -0.1) is 0 Å². The van der Waals surface area contributed by atoms with E-state index in [1.807, 2.05) is 7.05 Å². The zero-order valence-electron chi connectivity index (χ0n) is 7.45. The van der Waals surface area contributed by atoms with E-state index in [1.54, 1.807) is 11.8 Å². The van der Waals surface area contributed by atoms with E-state index in [2.05, 4.69) is 5.32 Å². The van der Waals surface area contributed by atoms with E-state index in [4.69, 9.17) is 9.84 Å². The minimum absolute atomic E-state index is 0.262. The van der Waals surface area contributed by atoms with Crippen molar-refractivity contribution in [2.45, 2.75) is 17.7 Å². The lowest BCUT2D eigenvalue weighted by Crippen LogP contribution is -2.43. The summed E-state index contributed by atoms with van der Waals surface area (Å²) < 4.78 is 5.37. The quantitative estimate of drug-likeness (QED) is 0.661. The number of rotatable bonds is 4. The van der Waals surface area contributed by atoms with Crippen LogP contribution in [0.2, 0.25) is 0 Å². The molecule has 0 bridgehead atoms. The number of ether oxygens (including phenoxy) is 1. The van der Waals surface area contributed by atoms with Gasteiger partial charge in [-0.05, 0) is 13.5 Å². The number of aliphatic hydroxyl groups excluding tert-OH is 1. The van der Waals surface area contributed by atoms with Crippen molar-refractivity contribution in [2.75, 3.05) is 32.6 Å². The SMILES string of the molecule is CNC1CCOCC1SCCO. The molecule has 1 heterocycles. The number of nitrogens with one attached hydrogen (secondary N) is 1. The molecule has 0 spiro atoms. The van der Waals surface area contributed by atoms with E-state index >= 15 is 0 Å². The fourth-order valence-electron chi connectivity index (χ4n) is 1.41. The average molecular weight is 191 g/mol. The van der Waals surface area contributed by atoms with Crippen molar-refractivity contribution >= 4 is 11.8 Å². The van der Waals surface area contributed by atoms with Crippen LogP contribution >= 0.6 is 11.8 Å². The van der Waals surface area contributed by atoms with Gasteiger partial charge in [0.1, 0.15) is 0 Å². The first-order valence-corrected chi connectivity index (χ1v) is 5.41. The summed E-state index contributed by atoms with van der Waals surface area (Å²) in [6, 6.07) is 0.551. The molecule has 2 N–H and O–H groups in total. The van der Waals surface area contributed by atoms with Crippen LogP contribution in [0.25, 0.3) is 0 Å². The molecule has 2 atom stereocenters. The van der Waals surface area contributed by atoms with Gasteiger partial charge in [0.15, 0.2) is 0 Å². The smallest absolute Gasteiger partial charge is 0.0600 e. The van der Waals surface area contributed by atoms with Gasteiger partial charge in [-0.2, -0.15) is 11.8 Å². The van der Waals surface area contributed by atoms with E-state index in [9.17, 15) is 0 Å². The van der Waals surface area contributed by atoms with Crippen molar-refractivity contribution in [2.24, 2.45) is 0 Å². The first-order valence-electron chi connectivity index (χ1n) is 4.36. The van der Waals surface area contributed by atoms with E-state index in [0.717, 1.165) is 25.4 Å². The second-order valence-corrected chi connectivity index (χ2v) is 4.24. The first kappa shape index (κ1) is 10.3. The lowest BCUT2D eigenvalue weighted by atomic mass is 10.1. The minimum Gasteiger partial charge on any atom is -0.396 e. The van der Waals surface area contributed by atoms with Crippen molar-refractivity contribution < 1.29 is 9.84 Å². The maximum absolute atomic E-state index is 8.67. The molecule has 72 valence electrons. The van der Waals surface area contributed by atoms with Crippen LogP contribution < -0.4 is 5.32 Å². The largest absolute Gasteiger partial charge is 0.396 e. The predicted octanol–water partition coefficient (Wildman–Crippen LogP) is 0.0888. The van der Waals surface area contributed by atoms with Crippen molar-refractivity contribution in [1.82, 2.24) is 5.32 Å². The highest BCUT2D eigenvalue weighted by atomic mass is 32.2. The fourth-order valence-corrected chi connectivity index (χ4v) is 2.52. The van der Waals surface area contributed by atoms with E-state index < -0.39 is 0 Å². The van der Waals surface area contributed by atoms with Crippen LogP contribution in [-0.2, 0) is 4.74 Å². The molecule has 1 aliphatic rings. The Hall–Kier alpha value is 0.230. The van der Waals surface area contributed by atoms with Gasteiger partial charge < -0.3 is 15.2 Å². The van der Waals surface area contributed by atoms with Crippen molar-refractivity contribution in [3.63, 3.8) is 0 Å². The minimum atomic E-state index is 0.262. The molecule has 0 aromatic rings. The molecule has 1 saturated heterocycles. The molecular formula is C8H17NO2S. The average Bonchev–Trinajstić information content (AvgIpc) is 2.15. The molecule has 1 rings (SSSR count). The predicted molar refractivity (Wildman–Crippen MR) is 51.6 cm³/mol. The lowest BCUT2D eigenvalue weighted by molar-refractivity contribution is 0.0850. The summed E-state index contributed by atoms with van der Waals surface area (Å²) in [7, 11) is 1.99. The Morgan fingerprint density at radius 3 is 3.17 bits per heavy atom. The number of thioether (sulfide) groups is 1. The Balaban J connectivity index is 2.26. The topological polar surface area (TPSA) is 41.5 Å². The van der Waals surface area contributed by atoms with Crippen LogP contribution in [0.1, 0.15) is 6.42 Å². The molecule has 0 aromatic carbocycles. The number of hydrogen-bond acceptors (Lipinski definition) is 4. The summed E-state index contributed by atoms with van der Waals surface area (Å²) in [6.07, 6.45) is 1.08. The van der Waals surface area contributed by atoms with Crippen LogP contribution in [0.15, 0.2) is 0 Å². The standard InChI is InChI=1S/C8H17NO2S/c1-9-7-2-4-11-6-8(7)12-5-3-10/h7-10H,2-6H2,1H3. The summed E-state index contributed by atoms with van der Waals surface area (Å²) in [5.74, 6) is 0.812. The maximum atomic E-state index is 8.67. The normalized spacial score (nSPS) is 30.5. The molecule has 2 unspecified atom stereocenters. The lowest BCUT2D eigenvalue weighted by Gasteiger charge is -2.30. The van der Waals surface area contributed by atoms with Crippen molar-refractivity contribution in [3.05, 3.63) is 0 Å². The van der Waals surface area contributed by atoms with Crippen LogP contribution in [0.4, 0.5) is 0 Å². The summed E-state index contributed by atoms with van der Waals surface area (Å²) in [6.45, 7) is 1.94. The molecule has 1 aliphatic heterocycles. The molecule has 0 amide bonds. The van der Waals surface area contributed by atoms with Gasteiger partial charge in [-0.3, -0.25) is 0 Å². The van der Waals surface area contributed by atoms with Crippen LogP contribution in [-0.4, -0.2) is 49.0 Å². The summed E-state index contributed by atoms with van der Waals surface area (Å²) in [5, 5.41) is 12.5. The molecule has 0 saturated carbocycles. The van der Waals surface area contributed by atoms with Crippen LogP contribution in [0.3, 0.4) is 0 Å². The summed E-state index contributed by atoms with van der Waals surface area (Å²) in [5.41, 5.74) is 0. The van der Waals surface area contributed by atoms with E-state index in [-0.39, 0.29) is 6.61 Å². The maximum Gasteiger partial charge on any atom is 0.0600 e. The van der Waals surface area contributed by atoms with Gasteiger partial charge in [-0.25, -0.2) is 0 Å². The Kier molecular flexibility index (Phi) is 4.99. The van der Waals surface area contributed by atoms with E-state index in [0.29, 0.717) is 11.3 Å². The van der Waals surface area contributed by atoms with Gasteiger partial charge in [-0.1, -0.05) is 0 Å². The summed E-state index contributed by atoms with van der Waals surface area (Å²) >= 11 is 1.79. The zero-order chi connectivity index (χ0) is 8.81. The Bertz CT molecular complexity index is 124. The number of aliphatic hydroxyl groups is 1. The van der Waals surface area contributed by atoms with Crippen molar-refractivity contribution in [1.29, 1.82) is 0 Å². The molecule has 3 nitrogen and oxygen atoms in total. The van der Waals surface area contributed by atoms with Gasteiger partial charge in [0.05, 0.1) is 13.2 Å². The molecule has 12 heavy (non-hydrogen) atoms. The zero-order valence-corrected chi connectivity index (χ0v) is 8.27.